The first-order valence-electron chi connectivity index (χ1n) is 6.57. The lowest BCUT2D eigenvalue weighted by molar-refractivity contribution is 0.760. The minimum absolute atomic E-state index is 0.210. The van der Waals surface area contributed by atoms with Crippen LogP contribution in [-0.4, -0.2) is 19.3 Å². The average Bonchev–Trinajstić information content (AvgIpc) is 3.11. The van der Waals surface area contributed by atoms with Crippen LogP contribution >= 0.6 is 0 Å². The van der Waals surface area contributed by atoms with Crippen LogP contribution < -0.4 is 5.32 Å². The van der Waals surface area contributed by atoms with E-state index in [1.165, 1.54) is 5.56 Å². The first-order chi connectivity index (χ1) is 9.72. The summed E-state index contributed by atoms with van der Waals surface area (Å²) in [6.07, 6.45) is 7.44. The molecule has 1 N–H and O–H groups in total. The number of aryl methyl sites for hydroxylation is 1. The van der Waals surface area contributed by atoms with Gasteiger partial charge in [0.1, 0.15) is 5.82 Å². The molecule has 0 bridgehead atoms. The minimum Gasteiger partial charge on any atom is -0.362 e. The second-order valence-electron chi connectivity index (χ2n) is 4.80. The summed E-state index contributed by atoms with van der Waals surface area (Å²) in [4.78, 5) is 4.05. The summed E-state index contributed by atoms with van der Waals surface area (Å²) in [5.41, 5.74) is 2.33. The Morgan fingerprint density at radius 2 is 1.90 bits per heavy atom. The minimum atomic E-state index is 0.210. The molecule has 0 aliphatic carbocycles. The maximum atomic E-state index is 4.33. The topological polar surface area (TPSA) is 47.7 Å². The van der Waals surface area contributed by atoms with Crippen molar-refractivity contribution in [2.45, 2.75) is 13.0 Å². The molecule has 1 unspecified atom stereocenters. The lowest BCUT2D eigenvalue weighted by Crippen LogP contribution is -2.07. The van der Waals surface area contributed by atoms with E-state index >= 15 is 0 Å². The molecule has 0 aliphatic heterocycles. The summed E-state index contributed by atoms with van der Waals surface area (Å²) in [5.74, 6) is 0.888. The predicted octanol–water partition coefficient (Wildman–Crippen LogP) is 2.78. The third-order valence-corrected chi connectivity index (χ3v) is 3.27. The molecule has 0 fully saturated rings. The molecule has 3 aromatic rings. The molecule has 20 heavy (non-hydrogen) atoms. The number of rotatable bonds is 4. The molecule has 102 valence electrons. The normalized spacial score (nSPS) is 12.3. The van der Waals surface area contributed by atoms with Crippen molar-refractivity contribution in [3.05, 3.63) is 60.8 Å². The van der Waals surface area contributed by atoms with Crippen LogP contribution in [0.5, 0.6) is 0 Å². The Bertz CT molecular complexity index is 667. The van der Waals surface area contributed by atoms with E-state index in [0.717, 1.165) is 11.5 Å². The van der Waals surface area contributed by atoms with Crippen LogP contribution in [0.1, 0.15) is 18.5 Å². The highest BCUT2D eigenvalue weighted by Gasteiger charge is 2.07. The van der Waals surface area contributed by atoms with Crippen molar-refractivity contribution in [3.8, 4) is 5.69 Å². The van der Waals surface area contributed by atoms with E-state index in [1.807, 2.05) is 30.1 Å². The largest absolute Gasteiger partial charge is 0.362 e. The van der Waals surface area contributed by atoms with E-state index in [0.29, 0.717) is 0 Å². The number of hydrogen-bond acceptors (Lipinski definition) is 3. The fourth-order valence-corrected chi connectivity index (χ4v) is 2.14. The standard InChI is InChI=1S/C15H17N5/c1-12(17-15-7-9-19(2)18-15)13-3-5-14(6-4-13)20-10-8-16-11-20/h3-12H,1-2H3,(H,17,18). The van der Waals surface area contributed by atoms with Crippen molar-refractivity contribution in [2.24, 2.45) is 7.05 Å². The number of anilines is 1. The van der Waals surface area contributed by atoms with Gasteiger partial charge in [0.05, 0.1) is 12.4 Å². The summed E-state index contributed by atoms with van der Waals surface area (Å²) < 4.78 is 3.78. The third-order valence-electron chi connectivity index (χ3n) is 3.27. The molecular formula is C15H17N5. The number of hydrogen-bond donors (Lipinski definition) is 1. The first kappa shape index (κ1) is 12.5. The third kappa shape index (κ3) is 2.56. The molecule has 0 saturated heterocycles. The Balaban J connectivity index is 1.74. The lowest BCUT2D eigenvalue weighted by Gasteiger charge is -2.14. The van der Waals surface area contributed by atoms with E-state index in [-0.39, 0.29) is 6.04 Å². The van der Waals surface area contributed by atoms with Gasteiger partial charge in [-0.25, -0.2) is 4.98 Å². The molecule has 5 nitrogen and oxygen atoms in total. The molecule has 1 aromatic carbocycles. The van der Waals surface area contributed by atoms with Crippen LogP contribution in [0, 0.1) is 0 Å². The maximum absolute atomic E-state index is 4.33. The van der Waals surface area contributed by atoms with Gasteiger partial charge in [0.25, 0.3) is 0 Å². The zero-order valence-electron chi connectivity index (χ0n) is 11.6. The summed E-state index contributed by atoms with van der Waals surface area (Å²) in [7, 11) is 1.91. The Labute approximate surface area is 117 Å². The molecule has 0 spiro atoms. The second kappa shape index (κ2) is 5.21. The van der Waals surface area contributed by atoms with Gasteiger partial charge in [-0.15, -0.1) is 0 Å². The Morgan fingerprint density at radius 1 is 1.10 bits per heavy atom. The molecular weight excluding hydrogens is 250 g/mol. The van der Waals surface area contributed by atoms with E-state index in [2.05, 4.69) is 46.6 Å². The molecule has 0 amide bonds. The van der Waals surface area contributed by atoms with Gasteiger partial charge in [-0.1, -0.05) is 12.1 Å². The lowest BCUT2D eigenvalue weighted by atomic mass is 10.1. The summed E-state index contributed by atoms with van der Waals surface area (Å²) in [6, 6.07) is 10.6. The molecule has 5 heteroatoms. The fraction of sp³-hybridized carbons (Fsp3) is 0.200. The number of imidazole rings is 1. The van der Waals surface area contributed by atoms with Gasteiger partial charge in [0.2, 0.25) is 0 Å². The molecule has 3 rings (SSSR count). The van der Waals surface area contributed by atoms with Crippen LogP contribution in [0.4, 0.5) is 5.82 Å². The van der Waals surface area contributed by atoms with Gasteiger partial charge < -0.3 is 9.88 Å². The first-order valence-corrected chi connectivity index (χ1v) is 6.57. The van der Waals surface area contributed by atoms with Crippen molar-refractivity contribution < 1.29 is 0 Å². The Morgan fingerprint density at radius 3 is 2.50 bits per heavy atom. The van der Waals surface area contributed by atoms with Gasteiger partial charge in [0, 0.05) is 37.4 Å². The van der Waals surface area contributed by atoms with Gasteiger partial charge in [-0.3, -0.25) is 4.68 Å². The molecule has 0 aliphatic rings. The van der Waals surface area contributed by atoms with Crippen LogP contribution in [0.2, 0.25) is 0 Å². The van der Waals surface area contributed by atoms with Gasteiger partial charge >= 0.3 is 0 Å². The van der Waals surface area contributed by atoms with E-state index < -0.39 is 0 Å². The average molecular weight is 267 g/mol. The Hall–Kier alpha value is -2.56. The highest BCUT2D eigenvalue weighted by Crippen LogP contribution is 2.19. The Kier molecular flexibility index (Phi) is 3.25. The van der Waals surface area contributed by atoms with E-state index in [9.17, 15) is 0 Å². The van der Waals surface area contributed by atoms with E-state index in [1.54, 1.807) is 17.2 Å². The van der Waals surface area contributed by atoms with Crippen LogP contribution in [0.3, 0.4) is 0 Å². The maximum Gasteiger partial charge on any atom is 0.148 e. The fourth-order valence-electron chi connectivity index (χ4n) is 2.14. The van der Waals surface area contributed by atoms with Crippen molar-refractivity contribution in [1.82, 2.24) is 19.3 Å². The summed E-state index contributed by atoms with van der Waals surface area (Å²) in [6.45, 7) is 2.13. The van der Waals surface area contributed by atoms with Crippen molar-refractivity contribution in [1.29, 1.82) is 0 Å². The van der Waals surface area contributed by atoms with Crippen molar-refractivity contribution in [2.75, 3.05) is 5.32 Å². The van der Waals surface area contributed by atoms with Gasteiger partial charge in [0.15, 0.2) is 0 Å². The number of aromatic nitrogens is 4. The van der Waals surface area contributed by atoms with Crippen molar-refractivity contribution >= 4 is 5.82 Å². The highest BCUT2D eigenvalue weighted by molar-refractivity contribution is 5.40. The molecule has 2 aromatic heterocycles. The van der Waals surface area contributed by atoms with Gasteiger partial charge in [-0.2, -0.15) is 5.10 Å². The second-order valence-corrected chi connectivity index (χ2v) is 4.80. The number of nitrogens with zero attached hydrogens (tertiary/aromatic N) is 4. The molecule has 2 heterocycles. The van der Waals surface area contributed by atoms with E-state index in [4.69, 9.17) is 0 Å². The summed E-state index contributed by atoms with van der Waals surface area (Å²) >= 11 is 0. The SMILES string of the molecule is CC(Nc1ccn(C)n1)c1ccc(-n2ccnc2)cc1. The number of nitrogens with one attached hydrogen (secondary N) is 1. The molecule has 0 saturated carbocycles. The predicted molar refractivity (Wildman–Crippen MR) is 78.8 cm³/mol. The van der Waals surface area contributed by atoms with Gasteiger partial charge in [-0.05, 0) is 24.6 Å². The van der Waals surface area contributed by atoms with Crippen LogP contribution in [0.15, 0.2) is 55.2 Å². The van der Waals surface area contributed by atoms with Crippen LogP contribution in [0.25, 0.3) is 5.69 Å². The smallest absolute Gasteiger partial charge is 0.148 e. The highest BCUT2D eigenvalue weighted by atomic mass is 15.3. The quantitative estimate of drug-likeness (QED) is 0.790. The van der Waals surface area contributed by atoms with Crippen LogP contribution in [-0.2, 0) is 7.05 Å². The zero-order valence-corrected chi connectivity index (χ0v) is 11.6. The number of benzene rings is 1. The van der Waals surface area contributed by atoms with Crippen molar-refractivity contribution in [3.63, 3.8) is 0 Å². The summed E-state index contributed by atoms with van der Waals surface area (Å²) in [5, 5.41) is 7.71. The molecule has 0 radical (unpaired) electrons. The monoisotopic (exact) mass is 267 g/mol. The molecule has 1 atom stereocenters. The zero-order chi connectivity index (χ0) is 13.9.